The van der Waals surface area contributed by atoms with Crippen molar-refractivity contribution in [1.82, 2.24) is 0 Å². The average Bonchev–Trinajstić information content (AvgIpc) is 3.99. The standard InChI is InChI=1S/C63H43NO/c1-62(55-32-15-11-28-49(55)50-29-12-16-33-56(50)62)59-41-48(39-54-53-31-14-18-35-60(53)65-61(54)59)64(46-27-19-22-43(38-46)42-20-5-2-6-21-42)47-36-37-52-51-30-13-17-34-57(51)63(58(52)40-47,44-23-7-3-8-24-44)45-25-9-4-10-26-45/h2-41H,1H3. The number of para-hydroxylation sites is 1. The van der Waals surface area contributed by atoms with Crippen LogP contribution in [0.15, 0.2) is 247 Å². The van der Waals surface area contributed by atoms with Gasteiger partial charge in [0.2, 0.25) is 0 Å². The zero-order chi connectivity index (χ0) is 43.1. The van der Waals surface area contributed by atoms with Gasteiger partial charge in [-0.15, -0.1) is 0 Å². The SMILES string of the molecule is CC1(c2cc(N(c3cccc(-c4ccccc4)c3)c3ccc4c(c3)C(c3ccccc3)(c3ccccc3)c3ccccc3-4)cc3c2oc2ccccc23)c2ccccc2-c2ccccc21. The second-order valence-electron chi connectivity index (χ2n) is 17.7. The summed E-state index contributed by atoms with van der Waals surface area (Å²) in [6.45, 7) is 2.39. The van der Waals surface area contributed by atoms with Gasteiger partial charge in [0, 0.05) is 38.8 Å². The van der Waals surface area contributed by atoms with Gasteiger partial charge in [0.25, 0.3) is 0 Å². The van der Waals surface area contributed by atoms with Crippen molar-refractivity contribution in [3.63, 3.8) is 0 Å². The molecular formula is C63H43NO. The number of furan rings is 1. The molecule has 11 aromatic rings. The maximum Gasteiger partial charge on any atom is 0.140 e. The first kappa shape index (κ1) is 37.4. The number of rotatable bonds is 7. The molecule has 0 atom stereocenters. The van der Waals surface area contributed by atoms with Crippen molar-refractivity contribution < 1.29 is 4.42 Å². The zero-order valence-electron chi connectivity index (χ0n) is 35.9. The maximum absolute atomic E-state index is 7.02. The minimum atomic E-state index is -0.553. The van der Waals surface area contributed by atoms with Crippen LogP contribution in [0.25, 0.3) is 55.3 Å². The van der Waals surface area contributed by atoms with E-state index in [4.69, 9.17) is 4.42 Å². The molecule has 0 aliphatic heterocycles. The Morgan fingerprint density at radius 1 is 0.338 bits per heavy atom. The van der Waals surface area contributed by atoms with E-state index in [1.54, 1.807) is 0 Å². The molecule has 0 amide bonds. The predicted molar refractivity (Wildman–Crippen MR) is 269 cm³/mol. The molecule has 2 nitrogen and oxygen atoms in total. The summed E-state index contributed by atoms with van der Waals surface area (Å²) in [5.41, 5.74) is 20.1. The van der Waals surface area contributed by atoms with Gasteiger partial charge in [-0.1, -0.05) is 200 Å². The lowest BCUT2D eigenvalue weighted by Gasteiger charge is -2.35. The molecule has 10 aromatic carbocycles. The molecule has 0 N–H and O–H groups in total. The minimum Gasteiger partial charge on any atom is -0.456 e. The second-order valence-corrected chi connectivity index (χ2v) is 17.7. The highest BCUT2D eigenvalue weighted by atomic mass is 16.3. The molecule has 0 saturated heterocycles. The predicted octanol–water partition coefficient (Wildman–Crippen LogP) is 16.4. The van der Waals surface area contributed by atoms with E-state index in [0.717, 1.165) is 50.1 Å². The summed E-state index contributed by atoms with van der Waals surface area (Å²) in [5, 5.41) is 2.19. The third-order valence-electron chi connectivity index (χ3n) is 14.4. The third-order valence-corrected chi connectivity index (χ3v) is 14.4. The van der Waals surface area contributed by atoms with Crippen LogP contribution in [0.3, 0.4) is 0 Å². The number of benzene rings is 10. The van der Waals surface area contributed by atoms with Gasteiger partial charge in [-0.2, -0.15) is 0 Å². The van der Waals surface area contributed by atoms with Crippen LogP contribution in [-0.2, 0) is 10.8 Å². The van der Waals surface area contributed by atoms with Crippen LogP contribution < -0.4 is 4.90 Å². The molecule has 0 unspecified atom stereocenters. The first-order valence-corrected chi connectivity index (χ1v) is 22.6. The first-order valence-electron chi connectivity index (χ1n) is 22.6. The highest BCUT2D eigenvalue weighted by Gasteiger charge is 2.47. The molecule has 2 heteroatoms. The topological polar surface area (TPSA) is 16.4 Å². The molecule has 65 heavy (non-hydrogen) atoms. The maximum atomic E-state index is 7.02. The van der Waals surface area contributed by atoms with Crippen LogP contribution in [0, 0.1) is 0 Å². The van der Waals surface area contributed by atoms with E-state index in [2.05, 4.69) is 254 Å². The van der Waals surface area contributed by atoms with Gasteiger partial charge in [0.1, 0.15) is 11.2 Å². The molecule has 13 rings (SSSR count). The molecule has 2 aliphatic rings. The Balaban J connectivity index is 1.13. The summed E-state index contributed by atoms with van der Waals surface area (Å²) < 4.78 is 7.02. The average molecular weight is 830 g/mol. The molecule has 1 aromatic heterocycles. The second kappa shape index (κ2) is 14.4. The Labute approximate surface area is 379 Å². The third kappa shape index (κ3) is 5.41. The summed E-state index contributed by atoms with van der Waals surface area (Å²) in [4.78, 5) is 2.48. The summed E-state index contributed by atoms with van der Waals surface area (Å²) in [6.07, 6.45) is 0. The van der Waals surface area contributed by atoms with Gasteiger partial charge in [-0.25, -0.2) is 0 Å². The fourth-order valence-electron chi connectivity index (χ4n) is 11.5. The fraction of sp³-hybridized carbons (Fsp3) is 0.0476. The van der Waals surface area contributed by atoms with Crippen LogP contribution in [0.2, 0.25) is 0 Å². The summed E-state index contributed by atoms with van der Waals surface area (Å²) in [6, 6.07) is 89.2. The van der Waals surface area contributed by atoms with Crippen LogP contribution in [0.5, 0.6) is 0 Å². The van der Waals surface area contributed by atoms with Gasteiger partial charge < -0.3 is 9.32 Å². The molecule has 1 heterocycles. The number of fused-ring (bicyclic) bond motifs is 9. The summed E-state index contributed by atoms with van der Waals surface area (Å²) in [7, 11) is 0. The molecule has 0 radical (unpaired) electrons. The van der Waals surface area contributed by atoms with Crippen LogP contribution in [0.1, 0.15) is 45.9 Å². The fourth-order valence-corrected chi connectivity index (χ4v) is 11.5. The summed E-state index contributed by atoms with van der Waals surface area (Å²) >= 11 is 0. The minimum absolute atomic E-state index is 0.512. The van der Waals surface area contributed by atoms with Crippen molar-refractivity contribution in [3.8, 4) is 33.4 Å². The molecule has 2 aliphatic carbocycles. The normalized spacial score (nSPS) is 13.9. The van der Waals surface area contributed by atoms with Gasteiger partial charge in [0.15, 0.2) is 0 Å². The Hall–Kier alpha value is -8.20. The lowest BCUT2D eigenvalue weighted by Crippen LogP contribution is -2.28. The van der Waals surface area contributed by atoms with Gasteiger partial charge in [-0.05, 0) is 116 Å². The van der Waals surface area contributed by atoms with E-state index in [9.17, 15) is 0 Å². The van der Waals surface area contributed by atoms with E-state index < -0.39 is 10.8 Å². The van der Waals surface area contributed by atoms with Crippen molar-refractivity contribution in [1.29, 1.82) is 0 Å². The van der Waals surface area contributed by atoms with Crippen molar-refractivity contribution in [2.24, 2.45) is 0 Å². The number of nitrogens with zero attached hydrogens (tertiary/aromatic N) is 1. The monoisotopic (exact) mass is 829 g/mol. The van der Waals surface area contributed by atoms with E-state index >= 15 is 0 Å². The Bertz CT molecular complexity index is 3540. The van der Waals surface area contributed by atoms with Gasteiger partial charge >= 0.3 is 0 Å². The Morgan fingerprint density at radius 2 is 0.846 bits per heavy atom. The lowest BCUT2D eigenvalue weighted by molar-refractivity contribution is 0.638. The highest BCUT2D eigenvalue weighted by Crippen LogP contribution is 2.59. The van der Waals surface area contributed by atoms with Gasteiger partial charge in [0.05, 0.1) is 5.41 Å². The van der Waals surface area contributed by atoms with E-state index in [0.29, 0.717) is 0 Å². The van der Waals surface area contributed by atoms with Crippen molar-refractivity contribution >= 4 is 39.0 Å². The van der Waals surface area contributed by atoms with Crippen LogP contribution in [-0.4, -0.2) is 0 Å². The van der Waals surface area contributed by atoms with E-state index in [-0.39, 0.29) is 0 Å². The Kier molecular flexibility index (Phi) is 8.29. The van der Waals surface area contributed by atoms with Crippen molar-refractivity contribution in [2.45, 2.75) is 17.8 Å². The van der Waals surface area contributed by atoms with Crippen LogP contribution in [0.4, 0.5) is 17.1 Å². The lowest BCUT2D eigenvalue weighted by atomic mass is 9.67. The van der Waals surface area contributed by atoms with Crippen molar-refractivity contribution in [2.75, 3.05) is 4.90 Å². The molecular weight excluding hydrogens is 787 g/mol. The molecule has 0 fully saturated rings. The quantitative estimate of drug-likeness (QED) is 0.159. The van der Waals surface area contributed by atoms with Crippen LogP contribution >= 0.6 is 0 Å². The smallest absolute Gasteiger partial charge is 0.140 e. The molecule has 0 spiro atoms. The largest absolute Gasteiger partial charge is 0.456 e. The van der Waals surface area contributed by atoms with Crippen molar-refractivity contribution in [3.05, 3.63) is 282 Å². The molecule has 0 saturated carbocycles. The summed E-state index contributed by atoms with van der Waals surface area (Å²) in [5.74, 6) is 0. The molecule has 0 bridgehead atoms. The highest BCUT2D eigenvalue weighted by molar-refractivity contribution is 6.09. The number of anilines is 3. The van der Waals surface area contributed by atoms with Gasteiger partial charge in [-0.3, -0.25) is 0 Å². The molecule has 306 valence electrons. The Morgan fingerprint density at radius 3 is 1.52 bits per heavy atom. The van der Waals surface area contributed by atoms with E-state index in [1.807, 2.05) is 0 Å². The first-order chi connectivity index (χ1) is 32.1. The zero-order valence-corrected chi connectivity index (χ0v) is 35.9. The number of hydrogen-bond acceptors (Lipinski definition) is 2. The van der Waals surface area contributed by atoms with E-state index in [1.165, 1.54) is 61.2 Å². The number of hydrogen-bond donors (Lipinski definition) is 0.